The molecule has 0 amide bonds. The van der Waals surface area contributed by atoms with Gasteiger partial charge in [0.15, 0.2) is 0 Å². The minimum Gasteiger partial charge on any atom is -0.372 e. The number of unbranched alkanes of at least 4 members (excludes halogenated alkanes) is 18. The van der Waals surface area contributed by atoms with E-state index in [1.54, 1.807) is 0 Å². The van der Waals surface area contributed by atoms with Crippen molar-refractivity contribution in [1.82, 2.24) is 0 Å². The van der Waals surface area contributed by atoms with E-state index in [1.807, 2.05) is 11.8 Å². The first-order valence-corrected chi connectivity index (χ1v) is 19.5. The van der Waals surface area contributed by atoms with Crippen LogP contribution >= 0.6 is 11.8 Å². The Labute approximate surface area is 271 Å². The maximum Gasteiger partial charge on any atom is 0.0984 e. The van der Waals surface area contributed by atoms with E-state index in [1.165, 1.54) is 158 Å². The van der Waals surface area contributed by atoms with Crippen LogP contribution < -0.4 is 4.90 Å². The Kier molecular flexibility index (Phi) is 20.0. The molecule has 1 fully saturated rings. The molecule has 0 radical (unpaired) electrons. The molecule has 1 aliphatic rings. The molecule has 43 heavy (non-hydrogen) atoms. The lowest BCUT2D eigenvalue weighted by molar-refractivity contribution is 0.0550. The van der Waals surface area contributed by atoms with Crippen LogP contribution in [0.4, 0.5) is 5.69 Å². The first-order chi connectivity index (χ1) is 21.3. The Morgan fingerprint density at radius 2 is 1.02 bits per heavy atom. The summed E-state index contributed by atoms with van der Waals surface area (Å²) in [7, 11) is 0. The van der Waals surface area contributed by atoms with Crippen molar-refractivity contribution in [3.8, 4) is 0 Å². The minimum absolute atomic E-state index is 0.132. The average molecular weight is 608 g/mol. The summed E-state index contributed by atoms with van der Waals surface area (Å²) in [5, 5.41) is 0.371. The molecule has 1 aliphatic heterocycles. The second kappa shape index (κ2) is 23.9. The van der Waals surface area contributed by atoms with Crippen LogP contribution in [0, 0.1) is 0 Å². The van der Waals surface area contributed by atoms with E-state index in [4.69, 9.17) is 4.74 Å². The van der Waals surface area contributed by atoms with Crippen LogP contribution in [0.5, 0.6) is 0 Å². The van der Waals surface area contributed by atoms with Crippen LogP contribution in [-0.4, -0.2) is 25.4 Å². The fourth-order valence-corrected chi connectivity index (χ4v) is 7.74. The molecular weight excluding hydrogens is 543 g/mol. The Bertz CT molecular complexity index is 876. The van der Waals surface area contributed by atoms with Crippen molar-refractivity contribution in [3.05, 3.63) is 65.7 Å². The molecule has 2 unspecified atom stereocenters. The molecular formula is C40H65NOS. The van der Waals surface area contributed by atoms with Gasteiger partial charge in [0.1, 0.15) is 0 Å². The van der Waals surface area contributed by atoms with Gasteiger partial charge in [-0.2, -0.15) is 0 Å². The highest BCUT2D eigenvalue weighted by Gasteiger charge is 2.29. The standard InChI is InChI=1S/C40H65NOS/c1-3-5-7-9-11-13-15-17-19-24-32-41(33-25-20-18-16-14-12-10-8-6-4-2)38-30-28-36(29-31-38)39-40(43-35-34-42-39)37-26-22-21-23-27-37/h21-23,26-31,39-40H,3-20,24-25,32-35H2,1-2H3. The summed E-state index contributed by atoms with van der Waals surface area (Å²) < 4.78 is 6.37. The highest BCUT2D eigenvalue weighted by molar-refractivity contribution is 7.99. The third-order valence-corrected chi connectivity index (χ3v) is 10.5. The third-order valence-electron chi connectivity index (χ3n) is 9.23. The molecule has 242 valence electrons. The van der Waals surface area contributed by atoms with Gasteiger partial charge >= 0.3 is 0 Å². The molecule has 0 aliphatic carbocycles. The average Bonchev–Trinajstić information content (AvgIpc) is 3.06. The van der Waals surface area contributed by atoms with Gasteiger partial charge in [-0.25, -0.2) is 0 Å². The van der Waals surface area contributed by atoms with Crippen molar-refractivity contribution in [3.63, 3.8) is 0 Å². The van der Waals surface area contributed by atoms with E-state index in [-0.39, 0.29) is 6.10 Å². The Hall–Kier alpha value is -1.45. The number of hydrogen-bond acceptors (Lipinski definition) is 3. The predicted octanol–water partition coefficient (Wildman–Crippen LogP) is 12.9. The highest BCUT2D eigenvalue weighted by Crippen LogP contribution is 2.45. The first kappa shape index (κ1) is 36.0. The van der Waals surface area contributed by atoms with Gasteiger partial charge < -0.3 is 9.64 Å². The summed E-state index contributed by atoms with van der Waals surface area (Å²) in [5.41, 5.74) is 4.10. The molecule has 1 heterocycles. The van der Waals surface area contributed by atoms with Crippen molar-refractivity contribution in [2.24, 2.45) is 0 Å². The second-order valence-corrected chi connectivity index (χ2v) is 14.2. The predicted molar refractivity (Wildman–Crippen MR) is 193 cm³/mol. The molecule has 2 aromatic carbocycles. The smallest absolute Gasteiger partial charge is 0.0984 e. The molecule has 0 bridgehead atoms. The number of rotatable bonds is 25. The van der Waals surface area contributed by atoms with E-state index < -0.39 is 0 Å². The summed E-state index contributed by atoms with van der Waals surface area (Å²) in [6.45, 7) is 7.83. The van der Waals surface area contributed by atoms with Gasteiger partial charge in [-0.1, -0.05) is 172 Å². The zero-order valence-electron chi connectivity index (χ0n) is 28.1. The molecule has 0 N–H and O–H groups in total. The van der Waals surface area contributed by atoms with E-state index in [9.17, 15) is 0 Å². The summed E-state index contributed by atoms with van der Waals surface area (Å²) >= 11 is 2.04. The van der Waals surface area contributed by atoms with Gasteiger partial charge in [0, 0.05) is 24.5 Å². The number of thioether (sulfide) groups is 1. The number of benzene rings is 2. The van der Waals surface area contributed by atoms with Gasteiger partial charge in [-0.05, 0) is 36.1 Å². The summed E-state index contributed by atoms with van der Waals surface area (Å²) in [4.78, 5) is 2.68. The van der Waals surface area contributed by atoms with Gasteiger partial charge in [-0.15, -0.1) is 11.8 Å². The minimum atomic E-state index is 0.132. The quantitative estimate of drug-likeness (QED) is 0.104. The Morgan fingerprint density at radius 3 is 1.51 bits per heavy atom. The van der Waals surface area contributed by atoms with Crippen LogP contribution in [0.2, 0.25) is 0 Å². The van der Waals surface area contributed by atoms with E-state index in [2.05, 4.69) is 73.3 Å². The Balaban J connectivity index is 1.47. The fourth-order valence-electron chi connectivity index (χ4n) is 6.53. The fraction of sp³-hybridized carbons (Fsp3) is 0.700. The van der Waals surface area contributed by atoms with Crippen LogP contribution in [0.15, 0.2) is 54.6 Å². The molecule has 3 rings (SSSR count). The molecule has 2 atom stereocenters. The maximum absolute atomic E-state index is 6.37. The van der Waals surface area contributed by atoms with Crippen molar-refractivity contribution in [2.45, 2.75) is 154 Å². The van der Waals surface area contributed by atoms with Crippen molar-refractivity contribution < 1.29 is 4.74 Å². The molecule has 0 saturated carbocycles. The maximum atomic E-state index is 6.37. The topological polar surface area (TPSA) is 12.5 Å². The summed E-state index contributed by atoms with van der Waals surface area (Å²) in [6, 6.07) is 20.4. The first-order valence-electron chi connectivity index (χ1n) is 18.5. The molecule has 1 saturated heterocycles. The lowest BCUT2D eigenvalue weighted by Crippen LogP contribution is -2.26. The van der Waals surface area contributed by atoms with Crippen LogP contribution in [0.1, 0.15) is 165 Å². The highest BCUT2D eigenvalue weighted by atomic mass is 32.2. The zero-order chi connectivity index (χ0) is 30.2. The largest absolute Gasteiger partial charge is 0.372 e. The van der Waals surface area contributed by atoms with E-state index in [0.29, 0.717) is 5.25 Å². The summed E-state index contributed by atoms with van der Waals surface area (Å²) in [6.07, 6.45) is 28.1. The normalized spacial score (nSPS) is 16.9. The third kappa shape index (κ3) is 14.9. The Morgan fingerprint density at radius 1 is 0.558 bits per heavy atom. The molecule has 2 aromatic rings. The van der Waals surface area contributed by atoms with Crippen LogP contribution in [-0.2, 0) is 4.74 Å². The van der Waals surface area contributed by atoms with Crippen molar-refractivity contribution in [2.75, 3.05) is 30.3 Å². The number of anilines is 1. The van der Waals surface area contributed by atoms with Gasteiger partial charge in [0.25, 0.3) is 0 Å². The van der Waals surface area contributed by atoms with Crippen LogP contribution in [0.25, 0.3) is 0 Å². The SMILES string of the molecule is CCCCCCCCCCCCN(CCCCCCCCCCCC)c1ccc(C2OCCSC2c2ccccc2)cc1. The molecule has 2 nitrogen and oxygen atoms in total. The van der Waals surface area contributed by atoms with E-state index >= 15 is 0 Å². The number of nitrogens with zero attached hydrogens (tertiary/aromatic N) is 1. The molecule has 3 heteroatoms. The molecule has 0 aromatic heterocycles. The monoisotopic (exact) mass is 607 g/mol. The van der Waals surface area contributed by atoms with Crippen molar-refractivity contribution >= 4 is 17.4 Å². The number of ether oxygens (including phenoxy) is 1. The van der Waals surface area contributed by atoms with Crippen molar-refractivity contribution in [1.29, 1.82) is 0 Å². The lowest BCUT2D eigenvalue weighted by atomic mass is 10.00. The van der Waals surface area contributed by atoms with Gasteiger partial charge in [0.2, 0.25) is 0 Å². The van der Waals surface area contributed by atoms with Crippen LogP contribution in [0.3, 0.4) is 0 Å². The summed E-state index contributed by atoms with van der Waals surface area (Å²) in [5.74, 6) is 1.07. The molecule has 0 spiro atoms. The van der Waals surface area contributed by atoms with Gasteiger partial charge in [-0.3, -0.25) is 0 Å². The zero-order valence-corrected chi connectivity index (χ0v) is 28.9. The second-order valence-electron chi connectivity index (χ2n) is 12.9. The van der Waals surface area contributed by atoms with E-state index in [0.717, 1.165) is 12.4 Å². The number of hydrogen-bond donors (Lipinski definition) is 0. The lowest BCUT2D eigenvalue weighted by Gasteiger charge is -2.32. The van der Waals surface area contributed by atoms with Gasteiger partial charge in [0.05, 0.1) is 18.0 Å².